The summed E-state index contributed by atoms with van der Waals surface area (Å²) in [5, 5.41) is 0. The van der Waals surface area contributed by atoms with Crippen LogP contribution in [0.1, 0.15) is 28.9 Å². The van der Waals surface area contributed by atoms with Crippen LogP contribution in [0.25, 0.3) is 0 Å². The molecule has 0 saturated carbocycles. The number of primary amides is 1. The number of para-hydroxylation sites is 1. The highest BCUT2D eigenvalue weighted by Crippen LogP contribution is 2.28. The van der Waals surface area contributed by atoms with E-state index in [2.05, 4.69) is 0 Å². The zero-order chi connectivity index (χ0) is 13.8. The first-order valence-electron chi connectivity index (χ1n) is 6.00. The second-order valence-electron chi connectivity index (χ2n) is 4.32. The minimum absolute atomic E-state index is 0.110. The topological polar surface area (TPSA) is 78.3 Å². The SMILES string of the molecule is C[C@@H](N)c1ccccc1Oc1ccc(C(N)=O)cc1. The van der Waals surface area contributed by atoms with Gasteiger partial charge >= 0.3 is 0 Å². The van der Waals surface area contributed by atoms with Crippen molar-refractivity contribution in [1.82, 2.24) is 0 Å². The number of carbonyl (C=O) groups excluding carboxylic acids is 1. The molecule has 0 saturated heterocycles. The van der Waals surface area contributed by atoms with Gasteiger partial charge in [-0.05, 0) is 37.3 Å². The van der Waals surface area contributed by atoms with Gasteiger partial charge in [0.25, 0.3) is 0 Å². The molecule has 19 heavy (non-hydrogen) atoms. The lowest BCUT2D eigenvalue weighted by Gasteiger charge is -2.13. The monoisotopic (exact) mass is 256 g/mol. The van der Waals surface area contributed by atoms with Crippen molar-refractivity contribution in [2.45, 2.75) is 13.0 Å². The molecule has 98 valence electrons. The van der Waals surface area contributed by atoms with Crippen LogP contribution in [0.3, 0.4) is 0 Å². The molecule has 0 unspecified atom stereocenters. The van der Waals surface area contributed by atoms with Gasteiger partial charge in [0, 0.05) is 17.2 Å². The Morgan fingerprint density at radius 1 is 1.11 bits per heavy atom. The zero-order valence-electron chi connectivity index (χ0n) is 10.7. The third kappa shape index (κ3) is 3.11. The van der Waals surface area contributed by atoms with Crippen LogP contribution in [0, 0.1) is 0 Å². The van der Waals surface area contributed by atoms with Crippen molar-refractivity contribution in [2.75, 3.05) is 0 Å². The van der Waals surface area contributed by atoms with E-state index in [9.17, 15) is 4.79 Å². The number of rotatable bonds is 4. The molecule has 0 fully saturated rings. The average Bonchev–Trinajstić information content (AvgIpc) is 2.39. The fourth-order valence-electron chi connectivity index (χ4n) is 1.76. The molecule has 0 aliphatic carbocycles. The molecule has 2 aromatic carbocycles. The van der Waals surface area contributed by atoms with Crippen LogP contribution in [-0.4, -0.2) is 5.91 Å². The third-order valence-corrected chi connectivity index (χ3v) is 2.78. The maximum atomic E-state index is 11.0. The van der Waals surface area contributed by atoms with Gasteiger partial charge in [0.1, 0.15) is 11.5 Å². The van der Waals surface area contributed by atoms with Crippen LogP contribution in [0.4, 0.5) is 0 Å². The Hall–Kier alpha value is -2.33. The predicted octanol–water partition coefficient (Wildman–Crippen LogP) is 2.60. The molecule has 0 spiro atoms. The summed E-state index contributed by atoms with van der Waals surface area (Å²) in [5.74, 6) is 0.893. The number of carbonyl (C=O) groups is 1. The summed E-state index contributed by atoms with van der Waals surface area (Å²) in [6, 6.07) is 14.2. The Bertz CT molecular complexity index is 577. The molecule has 0 aliphatic rings. The molecule has 4 N–H and O–H groups in total. The summed E-state index contributed by atoms with van der Waals surface area (Å²) in [6.07, 6.45) is 0. The number of ether oxygens (including phenoxy) is 1. The van der Waals surface area contributed by atoms with Crippen LogP contribution >= 0.6 is 0 Å². The highest BCUT2D eigenvalue weighted by atomic mass is 16.5. The number of amides is 1. The molecule has 4 heteroatoms. The normalized spacial score (nSPS) is 11.9. The number of hydrogen-bond acceptors (Lipinski definition) is 3. The van der Waals surface area contributed by atoms with Gasteiger partial charge in [-0.1, -0.05) is 18.2 Å². The van der Waals surface area contributed by atoms with Crippen molar-refractivity contribution >= 4 is 5.91 Å². The van der Waals surface area contributed by atoms with Gasteiger partial charge in [-0.25, -0.2) is 0 Å². The van der Waals surface area contributed by atoms with Crippen LogP contribution in [-0.2, 0) is 0 Å². The quantitative estimate of drug-likeness (QED) is 0.882. The van der Waals surface area contributed by atoms with E-state index in [-0.39, 0.29) is 6.04 Å². The highest BCUT2D eigenvalue weighted by molar-refractivity contribution is 5.92. The van der Waals surface area contributed by atoms with Gasteiger partial charge < -0.3 is 16.2 Å². The van der Waals surface area contributed by atoms with E-state index in [1.807, 2.05) is 31.2 Å². The molecule has 1 amide bonds. The van der Waals surface area contributed by atoms with Gasteiger partial charge in [-0.3, -0.25) is 4.79 Å². The molecular weight excluding hydrogens is 240 g/mol. The van der Waals surface area contributed by atoms with E-state index in [0.29, 0.717) is 17.1 Å². The number of hydrogen-bond donors (Lipinski definition) is 2. The van der Waals surface area contributed by atoms with Crippen LogP contribution in [0.2, 0.25) is 0 Å². The Morgan fingerprint density at radius 3 is 2.32 bits per heavy atom. The lowest BCUT2D eigenvalue weighted by molar-refractivity contribution is 0.100. The van der Waals surface area contributed by atoms with Crippen molar-refractivity contribution < 1.29 is 9.53 Å². The maximum Gasteiger partial charge on any atom is 0.248 e. The van der Waals surface area contributed by atoms with Crippen molar-refractivity contribution in [2.24, 2.45) is 11.5 Å². The Balaban J connectivity index is 2.24. The first kappa shape index (κ1) is 13.1. The summed E-state index contributed by atoms with van der Waals surface area (Å²) in [6.45, 7) is 1.90. The van der Waals surface area contributed by atoms with E-state index in [1.165, 1.54) is 0 Å². The summed E-state index contributed by atoms with van der Waals surface area (Å²) < 4.78 is 5.77. The van der Waals surface area contributed by atoms with E-state index < -0.39 is 5.91 Å². The zero-order valence-corrected chi connectivity index (χ0v) is 10.7. The van der Waals surface area contributed by atoms with Crippen LogP contribution in [0.15, 0.2) is 48.5 Å². The van der Waals surface area contributed by atoms with Gasteiger partial charge in [0.2, 0.25) is 5.91 Å². The lowest BCUT2D eigenvalue weighted by atomic mass is 10.1. The standard InChI is InChI=1S/C15H16N2O2/c1-10(16)13-4-2-3-5-14(13)19-12-8-6-11(7-9-12)15(17)18/h2-10H,16H2,1H3,(H2,17,18)/t10-/m1/s1. The second-order valence-corrected chi connectivity index (χ2v) is 4.32. The van der Waals surface area contributed by atoms with Crippen molar-refractivity contribution in [3.8, 4) is 11.5 Å². The average molecular weight is 256 g/mol. The fraction of sp³-hybridized carbons (Fsp3) is 0.133. The molecule has 0 radical (unpaired) electrons. The second kappa shape index (κ2) is 5.54. The molecule has 2 rings (SSSR count). The molecule has 4 nitrogen and oxygen atoms in total. The molecule has 0 heterocycles. The number of nitrogens with two attached hydrogens (primary N) is 2. The maximum absolute atomic E-state index is 11.0. The summed E-state index contributed by atoms with van der Waals surface area (Å²) >= 11 is 0. The van der Waals surface area contributed by atoms with Gasteiger partial charge in [-0.15, -0.1) is 0 Å². The van der Waals surface area contributed by atoms with E-state index in [4.69, 9.17) is 16.2 Å². The minimum atomic E-state index is -0.456. The summed E-state index contributed by atoms with van der Waals surface area (Å²) in [5.41, 5.74) is 12.5. The molecule has 0 aromatic heterocycles. The Morgan fingerprint density at radius 2 is 1.74 bits per heavy atom. The molecule has 0 bridgehead atoms. The van der Waals surface area contributed by atoms with Gasteiger partial charge in [0.05, 0.1) is 0 Å². The summed E-state index contributed by atoms with van der Waals surface area (Å²) in [4.78, 5) is 11.0. The van der Waals surface area contributed by atoms with E-state index in [0.717, 1.165) is 5.56 Å². The van der Waals surface area contributed by atoms with E-state index >= 15 is 0 Å². The highest BCUT2D eigenvalue weighted by Gasteiger charge is 2.08. The molecule has 2 aromatic rings. The first-order valence-corrected chi connectivity index (χ1v) is 6.00. The van der Waals surface area contributed by atoms with Crippen LogP contribution in [0.5, 0.6) is 11.5 Å². The molecule has 1 atom stereocenters. The largest absolute Gasteiger partial charge is 0.457 e. The summed E-state index contributed by atoms with van der Waals surface area (Å²) in [7, 11) is 0. The van der Waals surface area contributed by atoms with Crippen molar-refractivity contribution in [1.29, 1.82) is 0 Å². The Kier molecular flexibility index (Phi) is 3.82. The van der Waals surface area contributed by atoms with Crippen molar-refractivity contribution in [3.05, 3.63) is 59.7 Å². The van der Waals surface area contributed by atoms with Gasteiger partial charge in [0.15, 0.2) is 0 Å². The third-order valence-electron chi connectivity index (χ3n) is 2.78. The van der Waals surface area contributed by atoms with Gasteiger partial charge in [-0.2, -0.15) is 0 Å². The van der Waals surface area contributed by atoms with E-state index in [1.54, 1.807) is 24.3 Å². The fourth-order valence-corrected chi connectivity index (χ4v) is 1.76. The molecular formula is C15H16N2O2. The predicted molar refractivity (Wildman–Crippen MR) is 74.1 cm³/mol. The van der Waals surface area contributed by atoms with Crippen LogP contribution < -0.4 is 16.2 Å². The smallest absolute Gasteiger partial charge is 0.248 e. The Labute approximate surface area is 112 Å². The number of benzene rings is 2. The first-order chi connectivity index (χ1) is 9.08. The minimum Gasteiger partial charge on any atom is -0.457 e. The van der Waals surface area contributed by atoms with Crippen molar-refractivity contribution in [3.63, 3.8) is 0 Å². The lowest BCUT2D eigenvalue weighted by Crippen LogP contribution is -2.10. The molecule has 0 aliphatic heterocycles.